The minimum Gasteiger partial charge on any atom is -0.355 e. The lowest BCUT2D eigenvalue weighted by atomic mass is 9.89. The van der Waals surface area contributed by atoms with Gasteiger partial charge >= 0.3 is 0 Å². The van der Waals surface area contributed by atoms with Crippen molar-refractivity contribution in [3.8, 4) is 0 Å². The summed E-state index contributed by atoms with van der Waals surface area (Å²) in [4.78, 5) is 27.8. The fraction of sp³-hybridized carbons (Fsp3) is 0.750. The smallest absolute Gasteiger partial charge is 0.227 e. The molecule has 1 saturated carbocycles. The van der Waals surface area contributed by atoms with Crippen LogP contribution in [-0.4, -0.2) is 34.3 Å². The molecule has 1 aliphatic carbocycles. The van der Waals surface area contributed by atoms with Crippen LogP contribution in [0.1, 0.15) is 63.6 Å². The number of amides is 2. The molecular formula is C16H26N4O3S. The summed E-state index contributed by atoms with van der Waals surface area (Å²) >= 11 is 4.05. The van der Waals surface area contributed by atoms with Gasteiger partial charge in [-0.1, -0.05) is 30.8 Å². The van der Waals surface area contributed by atoms with E-state index >= 15 is 0 Å². The van der Waals surface area contributed by atoms with E-state index < -0.39 is 5.54 Å². The number of carbonyl (C=O) groups excluding carboxylic acids is 2. The van der Waals surface area contributed by atoms with Gasteiger partial charge in [-0.3, -0.25) is 9.59 Å². The highest BCUT2D eigenvalue weighted by molar-refractivity contribution is 7.80. The van der Waals surface area contributed by atoms with Crippen molar-refractivity contribution < 1.29 is 14.1 Å². The van der Waals surface area contributed by atoms with Crippen molar-refractivity contribution in [2.75, 3.05) is 12.3 Å². The van der Waals surface area contributed by atoms with Gasteiger partial charge in [0.25, 0.3) is 0 Å². The molecule has 0 radical (unpaired) electrons. The Morgan fingerprint density at radius 1 is 1.25 bits per heavy atom. The molecule has 1 fully saturated rings. The minimum absolute atomic E-state index is 0.0603. The van der Waals surface area contributed by atoms with Gasteiger partial charge in [0.1, 0.15) is 5.54 Å². The number of hydrogen-bond acceptors (Lipinski definition) is 6. The quantitative estimate of drug-likeness (QED) is 0.512. The zero-order valence-electron chi connectivity index (χ0n) is 14.1. The molecule has 1 heterocycles. The van der Waals surface area contributed by atoms with Crippen LogP contribution in [0.15, 0.2) is 4.52 Å². The Bertz CT molecular complexity index is 553. The highest BCUT2D eigenvalue weighted by Crippen LogP contribution is 2.34. The first-order chi connectivity index (χ1) is 11.6. The molecule has 1 aromatic rings. The number of carbonyl (C=O) groups is 2. The summed E-state index contributed by atoms with van der Waals surface area (Å²) in [5.41, 5.74) is -0.543. The molecular weight excluding hydrogens is 328 g/mol. The molecule has 1 aliphatic rings. The number of thiol groups is 1. The Morgan fingerprint density at radius 3 is 2.58 bits per heavy atom. The second-order valence-corrected chi connectivity index (χ2v) is 6.71. The van der Waals surface area contributed by atoms with Crippen LogP contribution in [0.5, 0.6) is 0 Å². The summed E-state index contributed by atoms with van der Waals surface area (Å²) in [6.07, 6.45) is 6.66. The molecule has 2 N–H and O–H groups in total. The second-order valence-electron chi connectivity index (χ2n) is 6.26. The molecule has 0 atom stereocenters. The first-order valence-electron chi connectivity index (χ1n) is 8.55. The summed E-state index contributed by atoms with van der Waals surface area (Å²) in [5.74, 6) is 1.42. The van der Waals surface area contributed by atoms with E-state index in [4.69, 9.17) is 4.52 Å². The summed E-state index contributed by atoms with van der Waals surface area (Å²) in [6, 6.07) is 0. The topological polar surface area (TPSA) is 97.1 Å². The van der Waals surface area contributed by atoms with Crippen LogP contribution in [0, 0.1) is 0 Å². The lowest BCUT2D eigenvalue weighted by molar-refractivity contribution is -0.122. The van der Waals surface area contributed by atoms with E-state index in [9.17, 15) is 9.59 Å². The molecule has 1 aromatic heterocycles. The molecule has 2 amide bonds. The maximum atomic E-state index is 11.7. The molecule has 8 heteroatoms. The van der Waals surface area contributed by atoms with Gasteiger partial charge < -0.3 is 15.2 Å². The van der Waals surface area contributed by atoms with Gasteiger partial charge in [-0.25, -0.2) is 0 Å². The minimum atomic E-state index is -0.543. The van der Waals surface area contributed by atoms with Crippen LogP contribution in [0.25, 0.3) is 0 Å². The molecule has 24 heavy (non-hydrogen) atoms. The normalized spacial score (nSPS) is 17.1. The maximum absolute atomic E-state index is 11.7. The highest BCUT2D eigenvalue weighted by Gasteiger charge is 2.38. The fourth-order valence-corrected chi connectivity index (χ4v) is 3.24. The molecule has 0 unspecified atom stereocenters. The average Bonchev–Trinajstić information content (AvgIpc) is 2.91. The van der Waals surface area contributed by atoms with Crippen molar-refractivity contribution in [2.45, 2.75) is 63.8 Å². The van der Waals surface area contributed by atoms with E-state index in [1.165, 1.54) is 6.92 Å². The van der Waals surface area contributed by atoms with E-state index in [0.717, 1.165) is 38.5 Å². The first-order valence-corrected chi connectivity index (χ1v) is 9.18. The van der Waals surface area contributed by atoms with Crippen LogP contribution in [0.3, 0.4) is 0 Å². The van der Waals surface area contributed by atoms with E-state index in [1.54, 1.807) is 0 Å². The van der Waals surface area contributed by atoms with Gasteiger partial charge in [0, 0.05) is 32.1 Å². The lowest BCUT2D eigenvalue weighted by Gasteiger charge is -2.30. The predicted molar refractivity (Wildman–Crippen MR) is 92.7 cm³/mol. The van der Waals surface area contributed by atoms with Crippen molar-refractivity contribution in [2.24, 2.45) is 0 Å². The predicted octanol–water partition coefficient (Wildman–Crippen LogP) is 1.73. The Morgan fingerprint density at radius 2 is 1.96 bits per heavy atom. The first kappa shape index (κ1) is 18.8. The second kappa shape index (κ2) is 9.05. The van der Waals surface area contributed by atoms with E-state index in [0.29, 0.717) is 36.9 Å². The molecule has 7 nitrogen and oxygen atoms in total. The highest BCUT2D eigenvalue weighted by atomic mass is 32.1. The molecule has 0 aliphatic heterocycles. The van der Waals surface area contributed by atoms with Crippen LogP contribution in [-0.2, 0) is 21.5 Å². The third-order valence-corrected chi connectivity index (χ3v) is 4.49. The van der Waals surface area contributed by atoms with Gasteiger partial charge in [0.2, 0.25) is 17.7 Å². The molecule has 0 spiro atoms. The van der Waals surface area contributed by atoms with Gasteiger partial charge in [-0.05, 0) is 12.8 Å². The molecule has 2 rings (SSSR count). The molecule has 0 saturated heterocycles. The van der Waals surface area contributed by atoms with Crippen LogP contribution in [0.2, 0.25) is 0 Å². The Kier molecular flexibility index (Phi) is 7.08. The summed E-state index contributed by atoms with van der Waals surface area (Å²) < 4.78 is 5.31. The average molecular weight is 354 g/mol. The number of aryl methyl sites for hydroxylation is 1. The third-order valence-electron chi connectivity index (χ3n) is 4.27. The summed E-state index contributed by atoms with van der Waals surface area (Å²) in [6.45, 7) is 2.06. The lowest BCUT2D eigenvalue weighted by Crippen LogP contribution is -2.45. The number of nitrogens with one attached hydrogen (secondary N) is 2. The largest absolute Gasteiger partial charge is 0.355 e. The van der Waals surface area contributed by atoms with Gasteiger partial charge in [-0.15, -0.1) is 0 Å². The maximum Gasteiger partial charge on any atom is 0.227 e. The summed E-state index contributed by atoms with van der Waals surface area (Å²) in [7, 11) is 0. The zero-order chi connectivity index (χ0) is 17.4. The van der Waals surface area contributed by atoms with Gasteiger partial charge in [0.05, 0.1) is 0 Å². The standard InChI is InChI=1S/C16H26N4O3S/c1-12(21)19-16(8-4-2-3-5-9-16)15-18-14(23-20-15)7-6-13(22)17-10-11-24/h24H,2-11H2,1H3,(H,17,22)(H,19,21). The van der Waals surface area contributed by atoms with Crippen molar-refractivity contribution >= 4 is 24.4 Å². The van der Waals surface area contributed by atoms with Gasteiger partial charge in [-0.2, -0.15) is 17.6 Å². The summed E-state index contributed by atoms with van der Waals surface area (Å²) in [5, 5.41) is 9.90. The van der Waals surface area contributed by atoms with E-state index in [2.05, 4.69) is 33.4 Å². The van der Waals surface area contributed by atoms with Crippen molar-refractivity contribution in [3.63, 3.8) is 0 Å². The number of nitrogens with zero attached hydrogens (tertiary/aromatic N) is 2. The Hall–Kier alpha value is -1.57. The fourth-order valence-electron chi connectivity index (χ4n) is 3.13. The van der Waals surface area contributed by atoms with Crippen molar-refractivity contribution in [1.29, 1.82) is 0 Å². The Labute approximate surface area is 147 Å². The molecule has 134 valence electrons. The van der Waals surface area contributed by atoms with Crippen LogP contribution >= 0.6 is 12.6 Å². The van der Waals surface area contributed by atoms with Gasteiger partial charge in [0.15, 0.2) is 5.82 Å². The van der Waals surface area contributed by atoms with Crippen molar-refractivity contribution in [1.82, 2.24) is 20.8 Å². The number of aromatic nitrogens is 2. The third kappa shape index (κ3) is 5.22. The van der Waals surface area contributed by atoms with E-state index in [-0.39, 0.29) is 11.8 Å². The Balaban J connectivity index is 2.04. The monoisotopic (exact) mass is 354 g/mol. The SMILES string of the molecule is CC(=O)NC1(c2noc(CCC(=O)NCCS)n2)CCCCCC1. The van der Waals surface area contributed by atoms with Crippen LogP contribution < -0.4 is 10.6 Å². The van der Waals surface area contributed by atoms with E-state index in [1.807, 2.05) is 0 Å². The zero-order valence-corrected chi connectivity index (χ0v) is 15.0. The molecule has 0 aromatic carbocycles. The number of hydrogen-bond donors (Lipinski definition) is 3. The number of rotatable bonds is 7. The van der Waals surface area contributed by atoms with Crippen molar-refractivity contribution in [3.05, 3.63) is 11.7 Å². The molecule has 0 bridgehead atoms. The van der Waals surface area contributed by atoms with Crippen LogP contribution in [0.4, 0.5) is 0 Å².